The smallest absolute Gasteiger partial charge is 0.171 e. The number of hydrogen-bond acceptors (Lipinski definition) is 2. The molecule has 0 spiro atoms. The van der Waals surface area contributed by atoms with Crippen molar-refractivity contribution in [2.45, 2.75) is 26.2 Å². The van der Waals surface area contributed by atoms with E-state index >= 15 is 0 Å². The predicted molar refractivity (Wildman–Crippen MR) is 72.8 cm³/mol. The van der Waals surface area contributed by atoms with E-state index in [0.29, 0.717) is 5.56 Å². The van der Waals surface area contributed by atoms with Gasteiger partial charge in [-0.1, -0.05) is 37.3 Å². The number of aromatic nitrogens is 1. The zero-order chi connectivity index (χ0) is 13.0. The molecule has 0 aliphatic carbocycles. The van der Waals surface area contributed by atoms with Crippen molar-refractivity contribution in [3.63, 3.8) is 0 Å². The minimum absolute atomic E-state index is 0.0734. The highest BCUT2D eigenvalue weighted by Gasteiger charge is 2.19. The van der Waals surface area contributed by atoms with Crippen LogP contribution in [0.4, 0.5) is 0 Å². The molecular formula is C16H17NO. The molecule has 0 amide bonds. The van der Waals surface area contributed by atoms with Gasteiger partial charge < -0.3 is 0 Å². The number of benzene rings is 1. The summed E-state index contributed by atoms with van der Waals surface area (Å²) in [4.78, 5) is 16.6. The summed E-state index contributed by atoms with van der Waals surface area (Å²) in [5.41, 5.74) is 2.70. The summed E-state index contributed by atoms with van der Waals surface area (Å²) in [5.74, 6) is 0.0758. The van der Waals surface area contributed by atoms with Gasteiger partial charge in [-0.15, -0.1) is 0 Å². The minimum atomic E-state index is -0.0734. The maximum atomic E-state index is 12.4. The third-order valence-corrected chi connectivity index (χ3v) is 3.12. The first kappa shape index (κ1) is 12.5. The molecule has 0 bridgehead atoms. The van der Waals surface area contributed by atoms with Crippen LogP contribution < -0.4 is 0 Å². The summed E-state index contributed by atoms with van der Waals surface area (Å²) < 4.78 is 0. The first-order chi connectivity index (χ1) is 8.72. The normalized spacial score (nSPS) is 12.1. The molecule has 0 fully saturated rings. The van der Waals surface area contributed by atoms with Crippen LogP contribution in [0.25, 0.3) is 0 Å². The molecule has 0 N–H and O–H groups in total. The lowest BCUT2D eigenvalue weighted by molar-refractivity contribution is 0.0957. The highest BCUT2D eigenvalue weighted by atomic mass is 16.1. The Morgan fingerprint density at radius 2 is 1.89 bits per heavy atom. The number of Topliss-reactive ketones (excluding diaryl/α,β-unsaturated/α-hetero) is 1. The van der Waals surface area contributed by atoms with Gasteiger partial charge in [0.2, 0.25) is 0 Å². The standard InChI is InChI=1S/C16H17NO/c1-3-15(13-7-5-4-6-8-13)16(18)14-10-9-12(2)17-11-14/h4-11,15H,3H2,1-2H3. The van der Waals surface area contributed by atoms with Crippen LogP contribution in [0.5, 0.6) is 0 Å². The molecule has 0 aliphatic heterocycles. The molecule has 0 aliphatic rings. The van der Waals surface area contributed by atoms with Crippen molar-refractivity contribution in [3.05, 3.63) is 65.5 Å². The molecule has 2 heteroatoms. The number of rotatable bonds is 4. The predicted octanol–water partition coefficient (Wildman–Crippen LogP) is 3.77. The number of carbonyl (C=O) groups excluding carboxylic acids is 1. The van der Waals surface area contributed by atoms with E-state index in [1.165, 1.54) is 0 Å². The molecule has 2 aromatic rings. The molecule has 2 nitrogen and oxygen atoms in total. The molecule has 1 aromatic heterocycles. The summed E-state index contributed by atoms with van der Waals surface area (Å²) in [6.45, 7) is 3.96. The van der Waals surface area contributed by atoms with Gasteiger partial charge in [-0.3, -0.25) is 9.78 Å². The molecule has 0 radical (unpaired) electrons. The molecule has 2 rings (SSSR count). The van der Waals surface area contributed by atoms with Crippen LogP contribution in [-0.4, -0.2) is 10.8 Å². The zero-order valence-electron chi connectivity index (χ0n) is 10.8. The lowest BCUT2D eigenvalue weighted by Crippen LogP contribution is -2.12. The number of aryl methyl sites for hydroxylation is 1. The topological polar surface area (TPSA) is 30.0 Å². The quantitative estimate of drug-likeness (QED) is 0.760. The fourth-order valence-electron chi connectivity index (χ4n) is 2.07. The van der Waals surface area contributed by atoms with Crippen molar-refractivity contribution in [2.24, 2.45) is 0 Å². The molecule has 0 saturated heterocycles. The van der Waals surface area contributed by atoms with E-state index in [0.717, 1.165) is 17.7 Å². The lowest BCUT2D eigenvalue weighted by atomic mass is 9.89. The van der Waals surface area contributed by atoms with Crippen LogP contribution in [0, 0.1) is 6.92 Å². The van der Waals surface area contributed by atoms with Gasteiger partial charge in [-0.2, -0.15) is 0 Å². The van der Waals surface area contributed by atoms with E-state index in [9.17, 15) is 4.79 Å². The van der Waals surface area contributed by atoms with Crippen molar-refractivity contribution < 1.29 is 4.79 Å². The van der Waals surface area contributed by atoms with Crippen LogP contribution in [0.3, 0.4) is 0 Å². The van der Waals surface area contributed by atoms with Gasteiger partial charge in [0.15, 0.2) is 5.78 Å². The van der Waals surface area contributed by atoms with Crippen LogP contribution in [0.15, 0.2) is 48.7 Å². The highest BCUT2D eigenvalue weighted by Crippen LogP contribution is 2.23. The highest BCUT2D eigenvalue weighted by molar-refractivity contribution is 6.00. The largest absolute Gasteiger partial charge is 0.293 e. The Balaban J connectivity index is 2.28. The van der Waals surface area contributed by atoms with Crippen molar-refractivity contribution >= 4 is 5.78 Å². The molecule has 1 aromatic carbocycles. The van der Waals surface area contributed by atoms with Crippen LogP contribution in [0.2, 0.25) is 0 Å². The molecular weight excluding hydrogens is 222 g/mol. The maximum Gasteiger partial charge on any atom is 0.171 e. The second-order valence-corrected chi connectivity index (χ2v) is 4.42. The molecule has 1 unspecified atom stereocenters. The third-order valence-electron chi connectivity index (χ3n) is 3.12. The van der Waals surface area contributed by atoms with Gasteiger partial charge in [-0.25, -0.2) is 0 Å². The van der Waals surface area contributed by atoms with E-state index in [-0.39, 0.29) is 11.7 Å². The van der Waals surface area contributed by atoms with Gasteiger partial charge in [0, 0.05) is 23.4 Å². The van der Waals surface area contributed by atoms with Crippen molar-refractivity contribution in [3.8, 4) is 0 Å². The van der Waals surface area contributed by atoms with Crippen LogP contribution in [-0.2, 0) is 0 Å². The summed E-state index contributed by atoms with van der Waals surface area (Å²) >= 11 is 0. The van der Waals surface area contributed by atoms with Gasteiger partial charge in [0.25, 0.3) is 0 Å². The van der Waals surface area contributed by atoms with Crippen molar-refractivity contribution in [1.82, 2.24) is 4.98 Å². The summed E-state index contributed by atoms with van der Waals surface area (Å²) in [6, 6.07) is 13.7. The van der Waals surface area contributed by atoms with Crippen LogP contribution in [0.1, 0.15) is 40.9 Å². The molecule has 92 valence electrons. The molecule has 18 heavy (non-hydrogen) atoms. The Hall–Kier alpha value is -1.96. The summed E-state index contributed by atoms with van der Waals surface area (Å²) in [7, 11) is 0. The fraction of sp³-hybridized carbons (Fsp3) is 0.250. The van der Waals surface area contributed by atoms with E-state index in [2.05, 4.69) is 4.98 Å². The van der Waals surface area contributed by atoms with Crippen molar-refractivity contribution in [2.75, 3.05) is 0 Å². The SMILES string of the molecule is CCC(C(=O)c1ccc(C)nc1)c1ccccc1. The van der Waals surface area contributed by atoms with Gasteiger partial charge >= 0.3 is 0 Å². The first-order valence-electron chi connectivity index (χ1n) is 6.24. The van der Waals surface area contributed by atoms with Crippen molar-refractivity contribution in [1.29, 1.82) is 0 Å². The van der Waals surface area contributed by atoms with E-state index in [1.807, 2.05) is 56.3 Å². The van der Waals surface area contributed by atoms with Crippen LogP contribution >= 0.6 is 0 Å². The Labute approximate surface area is 108 Å². The number of carbonyl (C=O) groups is 1. The Bertz CT molecular complexity index is 517. The fourth-order valence-corrected chi connectivity index (χ4v) is 2.07. The van der Waals surface area contributed by atoms with E-state index < -0.39 is 0 Å². The maximum absolute atomic E-state index is 12.4. The second kappa shape index (κ2) is 5.58. The Morgan fingerprint density at radius 3 is 2.44 bits per heavy atom. The number of nitrogens with zero attached hydrogens (tertiary/aromatic N) is 1. The Kier molecular flexibility index (Phi) is 3.88. The second-order valence-electron chi connectivity index (χ2n) is 4.42. The average molecular weight is 239 g/mol. The molecule has 0 saturated carbocycles. The van der Waals surface area contributed by atoms with E-state index in [4.69, 9.17) is 0 Å². The molecule has 1 heterocycles. The van der Waals surface area contributed by atoms with E-state index in [1.54, 1.807) is 6.20 Å². The average Bonchev–Trinajstić information content (AvgIpc) is 2.41. The number of ketones is 1. The zero-order valence-corrected chi connectivity index (χ0v) is 10.8. The van der Waals surface area contributed by atoms with Gasteiger partial charge in [0.05, 0.1) is 0 Å². The summed E-state index contributed by atoms with van der Waals surface area (Å²) in [5, 5.41) is 0. The number of pyridine rings is 1. The number of hydrogen-bond donors (Lipinski definition) is 0. The third kappa shape index (κ3) is 2.65. The minimum Gasteiger partial charge on any atom is -0.293 e. The molecule has 1 atom stereocenters. The lowest BCUT2D eigenvalue weighted by Gasteiger charge is -2.14. The first-order valence-corrected chi connectivity index (χ1v) is 6.24. The summed E-state index contributed by atoms with van der Waals surface area (Å²) in [6.07, 6.45) is 2.47. The monoisotopic (exact) mass is 239 g/mol. The van der Waals surface area contributed by atoms with Gasteiger partial charge in [-0.05, 0) is 31.0 Å². The van der Waals surface area contributed by atoms with Gasteiger partial charge in [0.1, 0.15) is 0 Å². The Morgan fingerprint density at radius 1 is 1.17 bits per heavy atom.